The second-order valence-electron chi connectivity index (χ2n) is 8.29. The van der Waals surface area contributed by atoms with Gasteiger partial charge in [0.15, 0.2) is 0 Å². The van der Waals surface area contributed by atoms with E-state index in [0.29, 0.717) is 22.9 Å². The fraction of sp³-hybridized carbons (Fsp3) is 0.333. The minimum Gasteiger partial charge on any atom is -0.495 e. The molecule has 0 amide bonds. The van der Waals surface area contributed by atoms with Crippen molar-refractivity contribution in [1.29, 1.82) is 0 Å². The molecule has 0 aliphatic rings. The van der Waals surface area contributed by atoms with Crippen LogP contribution in [-0.4, -0.2) is 63.3 Å². The van der Waals surface area contributed by atoms with Crippen molar-refractivity contribution in [2.24, 2.45) is 0 Å². The van der Waals surface area contributed by atoms with E-state index in [1.165, 1.54) is 19.5 Å². The summed E-state index contributed by atoms with van der Waals surface area (Å²) < 4.78 is 50.3. The quantitative estimate of drug-likeness (QED) is 0.342. The molecule has 36 heavy (non-hydrogen) atoms. The Bertz CT molecular complexity index is 1190. The number of rotatable bonds is 10. The lowest BCUT2D eigenvalue weighted by molar-refractivity contribution is -0.137. The van der Waals surface area contributed by atoms with Gasteiger partial charge in [0.25, 0.3) is 0 Å². The van der Waals surface area contributed by atoms with Gasteiger partial charge in [-0.25, -0.2) is 9.97 Å². The summed E-state index contributed by atoms with van der Waals surface area (Å²) in [5.74, 6) is 1.42. The minimum atomic E-state index is -4.50. The monoisotopic (exact) mass is 505 g/mol. The number of benzene rings is 2. The van der Waals surface area contributed by atoms with Crippen LogP contribution in [0.15, 0.2) is 42.7 Å². The highest BCUT2D eigenvalue weighted by Gasteiger charge is 2.31. The molecule has 12 heteroatoms. The molecule has 9 nitrogen and oxygen atoms in total. The van der Waals surface area contributed by atoms with E-state index in [1.807, 2.05) is 32.1 Å². The number of nitrogens with two attached hydrogens (primary N) is 1. The lowest BCUT2D eigenvalue weighted by Crippen LogP contribution is -2.29. The number of ether oxygens (including phenoxy) is 2. The summed E-state index contributed by atoms with van der Waals surface area (Å²) in [7, 11) is 8.87. The summed E-state index contributed by atoms with van der Waals surface area (Å²) in [5.41, 5.74) is 7.55. The van der Waals surface area contributed by atoms with Crippen molar-refractivity contribution in [3.05, 3.63) is 48.3 Å². The SMILES string of the molecule is COc1ccc(C(F)(F)F)cc1Nc1cc(Nc2cc(N)c(N(C)CCN(C)C)cc2OC)ncn1. The topological polar surface area (TPSA) is 101 Å². The third kappa shape index (κ3) is 6.60. The number of methoxy groups -OCH3 is 2. The number of nitrogens with one attached hydrogen (secondary N) is 2. The van der Waals surface area contributed by atoms with Gasteiger partial charge in [-0.15, -0.1) is 0 Å². The van der Waals surface area contributed by atoms with Crippen LogP contribution in [0.5, 0.6) is 11.5 Å². The smallest absolute Gasteiger partial charge is 0.416 e. The largest absolute Gasteiger partial charge is 0.495 e. The highest BCUT2D eigenvalue weighted by molar-refractivity contribution is 5.80. The zero-order valence-corrected chi connectivity index (χ0v) is 20.8. The molecular formula is C24H30F3N7O2. The van der Waals surface area contributed by atoms with Crippen molar-refractivity contribution < 1.29 is 22.6 Å². The normalized spacial score (nSPS) is 11.4. The molecule has 2 aromatic carbocycles. The molecule has 0 fully saturated rings. The zero-order valence-electron chi connectivity index (χ0n) is 20.8. The Kier molecular flexibility index (Phi) is 8.30. The van der Waals surface area contributed by atoms with Gasteiger partial charge in [0.2, 0.25) is 0 Å². The number of alkyl halides is 3. The van der Waals surface area contributed by atoms with Crippen LogP contribution in [0, 0.1) is 0 Å². The van der Waals surface area contributed by atoms with Crippen molar-refractivity contribution in [3.63, 3.8) is 0 Å². The van der Waals surface area contributed by atoms with Crippen LogP contribution in [0.1, 0.15) is 5.56 Å². The lowest BCUT2D eigenvalue weighted by atomic mass is 10.1. The van der Waals surface area contributed by atoms with Crippen molar-refractivity contribution in [1.82, 2.24) is 14.9 Å². The van der Waals surface area contributed by atoms with Crippen LogP contribution < -0.4 is 30.7 Å². The second-order valence-corrected chi connectivity index (χ2v) is 8.29. The molecule has 0 unspecified atom stereocenters. The van der Waals surface area contributed by atoms with Gasteiger partial charge < -0.3 is 35.6 Å². The maximum atomic E-state index is 13.2. The maximum Gasteiger partial charge on any atom is 0.416 e. The lowest BCUT2D eigenvalue weighted by Gasteiger charge is -2.24. The molecule has 0 saturated carbocycles. The first-order valence-corrected chi connectivity index (χ1v) is 11.0. The highest BCUT2D eigenvalue weighted by atomic mass is 19.4. The molecular weight excluding hydrogens is 475 g/mol. The van der Waals surface area contributed by atoms with E-state index in [-0.39, 0.29) is 17.3 Å². The number of hydrogen-bond donors (Lipinski definition) is 3. The first-order chi connectivity index (χ1) is 17.0. The summed E-state index contributed by atoms with van der Waals surface area (Å²) in [4.78, 5) is 12.4. The molecule has 0 radical (unpaired) electrons. The summed E-state index contributed by atoms with van der Waals surface area (Å²) in [6.07, 6.45) is -3.21. The number of nitrogen functional groups attached to an aromatic ring is 1. The van der Waals surface area contributed by atoms with Crippen LogP contribution in [0.4, 0.5) is 47.6 Å². The van der Waals surface area contributed by atoms with Gasteiger partial charge in [-0.2, -0.15) is 13.2 Å². The van der Waals surface area contributed by atoms with Gasteiger partial charge in [0.1, 0.15) is 29.5 Å². The second kappa shape index (κ2) is 11.2. The minimum absolute atomic E-state index is 0.115. The first-order valence-electron chi connectivity index (χ1n) is 11.0. The van der Waals surface area contributed by atoms with E-state index in [9.17, 15) is 13.2 Å². The Morgan fingerprint density at radius 2 is 1.47 bits per heavy atom. The Balaban J connectivity index is 1.85. The third-order valence-electron chi connectivity index (χ3n) is 5.36. The molecule has 0 spiro atoms. The van der Waals surface area contributed by atoms with Gasteiger partial charge >= 0.3 is 6.18 Å². The van der Waals surface area contributed by atoms with Crippen molar-refractivity contribution >= 4 is 34.4 Å². The molecule has 0 saturated heterocycles. The number of likely N-dealkylation sites (N-methyl/N-ethyl adjacent to an activating group) is 2. The predicted molar refractivity (Wildman–Crippen MR) is 136 cm³/mol. The van der Waals surface area contributed by atoms with Gasteiger partial charge in [-0.05, 0) is 38.4 Å². The fourth-order valence-corrected chi connectivity index (χ4v) is 3.41. The third-order valence-corrected chi connectivity index (χ3v) is 5.36. The average molecular weight is 506 g/mol. The maximum absolute atomic E-state index is 13.2. The Morgan fingerprint density at radius 1 is 0.861 bits per heavy atom. The average Bonchev–Trinajstić information content (AvgIpc) is 2.82. The summed E-state index contributed by atoms with van der Waals surface area (Å²) >= 11 is 0. The molecule has 3 rings (SSSR count). The number of halogens is 3. The van der Waals surface area contributed by atoms with E-state index in [1.54, 1.807) is 19.2 Å². The van der Waals surface area contributed by atoms with Gasteiger partial charge in [0, 0.05) is 32.3 Å². The summed E-state index contributed by atoms with van der Waals surface area (Å²) in [6.45, 7) is 1.62. The first kappa shape index (κ1) is 26.7. The molecule has 1 aromatic heterocycles. The standard InChI is InChI=1S/C24H30F3N7O2/c1-33(2)8-9-34(3)19-12-21(36-5)18(11-16(19)28)32-23-13-22(29-14-30-23)31-17-10-15(24(25,26)27)6-7-20(17)35-4/h6-7,10-14H,8-9,28H2,1-5H3,(H2,29,30,31,32). The molecule has 0 aliphatic heterocycles. The Hall–Kier alpha value is -3.93. The molecule has 0 atom stereocenters. The van der Waals surface area contributed by atoms with Crippen LogP contribution in [0.25, 0.3) is 0 Å². The van der Waals surface area contributed by atoms with Crippen molar-refractivity contribution in [2.45, 2.75) is 6.18 Å². The summed E-state index contributed by atoms with van der Waals surface area (Å²) in [6, 6.07) is 8.29. The number of nitrogens with zero attached hydrogens (tertiary/aromatic N) is 4. The molecule has 3 aromatic rings. The van der Waals surface area contributed by atoms with E-state index >= 15 is 0 Å². The molecule has 4 N–H and O–H groups in total. The molecule has 194 valence electrons. The number of aromatic nitrogens is 2. The predicted octanol–water partition coefficient (Wildman–Crippen LogP) is 4.58. The number of hydrogen-bond acceptors (Lipinski definition) is 9. The van der Waals surface area contributed by atoms with E-state index in [0.717, 1.165) is 30.9 Å². The molecule has 0 bridgehead atoms. The van der Waals surface area contributed by atoms with E-state index in [2.05, 4.69) is 25.5 Å². The van der Waals surface area contributed by atoms with Gasteiger partial charge in [-0.1, -0.05) is 0 Å². The highest BCUT2D eigenvalue weighted by Crippen LogP contribution is 2.38. The fourth-order valence-electron chi connectivity index (χ4n) is 3.41. The number of anilines is 6. The van der Waals surface area contributed by atoms with Gasteiger partial charge in [-0.3, -0.25) is 0 Å². The van der Waals surface area contributed by atoms with Crippen LogP contribution in [-0.2, 0) is 6.18 Å². The van der Waals surface area contributed by atoms with Crippen LogP contribution >= 0.6 is 0 Å². The van der Waals surface area contributed by atoms with Crippen molar-refractivity contribution in [3.8, 4) is 11.5 Å². The Morgan fingerprint density at radius 3 is 2.03 bits per heavy atom. The van der Waals surface area contributed by atoms with Crippen molar-refractivity contribution in [2.75, 3.05) is 69.7 Å². The van der Waals surface area contributed by atoms with Crippen LogP contribution in [0.3, 0.4) is 0 Å². The molecule has 1 heterocycles. The van der Waals surface area contributed by atoms with Crippen LogP contribution in [0.2, 0.25) is 0 Å². The zero-order chi connectivity index (χ0) is 26.5. The molecule has 0 aliphatic carbocycles. The van der Waals surface area contributed by atoms with E-state index < -0.39 is 11.7 Å². The Labute approximate surface area is 208 Å². The van der Waals surface area contributed by atoms with E-state index in [4.69, 9.17) is 15.2 Å². The summed E-state index contributed by atoms with van der Waals surface area (Å²) in [5, 5.41) is 6.00. The van der Waals surface area contributed by atoms with Gasteiger partial charge in [0.05, 0.1) is 42.5 Å².